The van der Waals surface area contributed by atoms with E-state index in [2.05, 4.69) is 41.1 Å². The number of H-pyrrole nitrogens is 1. The summed E-state index contributed by atoms with van der Waals surface area (Å²) in [6.45, 7) is 5.00. The van der Waals surface area contributed by atoms with Crippen molar-refractivity contribution in [3.8, 4) is 0 Å². The molecule has 3 atom stereocenters. The van der Waals surface area contributed by atoms with Crippen LogP contribution in [0.4, 0.5) is 0 Å². The largest absolute Gasteiger partial charge is 0.396 e. The molecule has 1 saturated heterocycles. The molecule has 1 aromatic heterocycles. The van der Waals surface area contributed by atoms with Crippen LogP contribution in [0.25, 0.3) is 10.9 Å². The number of aliphatic hydroxyl groups is 1. The topological polar surface area (TPSA) is 39.3 Å². The molecule has 3 nitrogen and oxygen atoms in total. The van der Waals surface area contributed by atoms with Crippen LogP contribution in [-0.4, -0.2) is 34.7 Å². The number of para-hydroxylation sites is 1. The second-order valence-electron chi connectivity index (χ2n) is 7.00. The lowest BCUT2D eigenvalue weighted by atomic mass is 9.76. The number of aromatic nitrogens is 1. The second kappa shape index (κ2) is 5.71. The molecule has 2 aromatic rings. The number of nitrogens with zero attached hydrogens (tertiary/aromatic N) is 1. The maximum atomic E-state index is 9.42. The molecule has 2 N–H and O–H groups in total. The molecule has 0 radical (unpaired) electrons. The summed E-state index contributed by atoms with van der Waals surface area (Å²) >= 11 is 0. The summed E-state index contributed by atoms with van der Waals surface area (Å²) in [6, 6.07) is 9.23. The van der Waals surface area contributed by atoms with Gasteiger partial charge in [0, 0.05) is 36.3 Å². The number of benzene rings is 1. The van der Waals surface area contributed by atoms with Gasteiger partial charge in [-0.05, 0) is 42.7 Å². The van der Waals surface area contributed by atoms with E-state index in [1.165, 1.54) is 48.1 Å². The molecule has 2 aliphatic rings. The molecule has 2 aliphatic heterocycles. The fourth-order valence-corrected chi connectivity index (χ4v) is 4.77. The molecule has 0 spiro atoms. The average molecular weight is 298 g/mol. The van der Waals surface area contributed by atoms with Crippen molar-refractivity contribution in [2.24, 2.45) is 11.8 Å². The van der Waals surface area contributed by atoms with Crippen molar-refractivity contribution in [2.75, 3.05) is 19.7 Å². The number of fused-ring (bicyclic) bond motifs is 5. The Bertz CT molecular complexity index is 662. The van der Waals surface area contributed by atoms with Gasteiger partial charge in [-0.3, -0.25) is 4.90 Å². The van der Waals surface area contributed by atoms with Crippen LogP contribution in [0.15, 0.2) is 24.3 Å². The first kappa shape index (κ1) is 14.3. The average Bonchev–Trinajstić information content (AvgIpc) is 2.93. The van der Waals surface area contributed by atoms with Gasteiger partial charge in [0.25, 0.3) is 0 Å². The molecule has 118 valence electrons. The Labute approximate surface area is 132 Å². The molecular formula is C19H26N2O. The van der Waals surface area contributed by atoms with Gasteiger partial charge >= 0.3 is 0 Å². The van der Waals surface area contributed by atoms with Crippen molar-refractivity contribution in [1.82, 2.24) is 9.88 Å². The first-order chi connectivity index (χ1) is 10.8. The van der Waals surface area contributed by atoms with Crippen molar-refractivity contribution in [2.45, 2.75) is 38.6 Å². The van der Waals surface area contributed by atoms with Crippen molar-refractivity contribution in [3.05, 3.63) is 35.5 Å². The van der Waals surface area contributed by atoms with E-state index in [1.54, 1.807) is 0 Å². The van der Waals surface area contributed by atoms with Gasteiger partial charge in [0.1, 0.15) is 0 Å². The molecule has 4 rings (SSSR count). The van der Waals surface area contributed by atoms with Gasteiger partial charge in [0.05, 0.1) is 6.04 Å². The van der Waals surface area contributed by atoms with E-state index in [0.717, 1.165) is 18.8 Å². The summed E-state index contributed by atoms with van der Waals surface area (Å²) in [4.78, 5) is 6.39. The maximum Gasteiger partial charge on any atom is 0.0504 e. The number of hydrogen-bond acceptors (Lipinski definition) is 2. The van der Waals surface area contributed by atoms with Crippen LogP contribution in [0, 0.1) is 11.8 Å². The number of piperidine rings is 1. The van der Waals surface area contributed by atoms with E-state index >= 15 is 0 Å². The molecule has 0 amide bonds. The van der Waals surface area contributed by atoms with Crippen molar-refractivity contribution >= 4 is 10.9 Å². The number of nitrogens with one attached hydrogen (secondary N) is 1. The second-order valence-corrected chi connectivity index (χ2v) is 7.00. The minimum atomic E-state index is 0.327. The molecule has 1 aromatic carbocycles. The quantitative estimate of drug-likeness (QED) is 0.910. The minimum absolute atomic E-state index is 0.327. The van der Waals surface area contributed by atoms with Crippen molar-refractivity contribution in [1.29, 1.82) is 0 Å². The van der Waals surface area contributed by atoms with Crippen molar-refractivity contribution < 1.29 is 5.11 Å². The number of rotatable bonds is 3. The Morgan fingerprint density at radius 1 is 1.27 bits per heavy atom. The Morgan fingerprint density at radius 2 is 2.14 bits per heavy atom. The van der Waals surface area contributed by atoms with Crippen LogP contribution >= 0.6 is 0 Å². The normalized spacial score (nSPS) is 28.5. The highest BCUT2D eigenvalue weighted by Gasteiger charge is 2.39. The Hall–Kier alpha value is -1.32. The zero-order chi connectivity index (χ0) is 15.1. The molecular weight excluding hydrogens is 272 g/mol. The molecule has 2 unspecified atom stereocenters. The van der Waals surface area contributed by atoms with Crippen LogP contribution in [0.3, 0.4) is 0 Å². The summed E-state index contributed by atoms with van der Waals surface area (Å²) in [5.41, 5.74) is 4.27. The molecule has 22 heavy (non-hydrogen) atoms. The molecule has 0 saturated carbocycles. The zero-order valence-electron chi connectivity index (χ0n) is 13.4. The van der Waals surface area contributed by atoms with Crippen LogP contribution in [0.2, 0.25) is 0 Å². The van der Waals surface area contributed by atoms with Gasteiger partial charge in [-0.25, -0.2) is 0 Å². The summed E-state index contributed by atoms with van der Waals surface area (Å²) in [7, 11) is 0. The fraction of sp³-hybridized carbons (Fsp3) is 0.579. The Kier molecular flexibility index (Phi) is 3.71. The van der Waals surface area contributed by atoms with E-state index in [-0.39, 0.29) is 0 Å². The SMILES string of the molecule is CCC1CN2CCc3c([nH]c4ccccc34)[C@H]2CC1CCO. The van der Waals surface area contributed by atoms with E-state index in [9.17, 15) is 5.11 Å². The Morgan fingerprint density at radius 3 is 2.95 bits per heavy atom. The molecule has 3 heterocycles. The third-order valence-electron chi connectivity index (χ3n) is 5.96. The predicted molar refractivity (Wildman–Crippen MR) is 89.9 cm³/mol. The van der Waals surface area contributed by atoms with E-state index in [1.807, 2.05) is 0 Å². The standard InChI is InChI=1S/C19H26N2O/c1-2-13-12-21-9-7-16-15-5-3-4-6-17(15)20-19(16)18(21)11-14(13)8-10-22/h3-6,13-14,18,20,22H,2,7-12H2,1H3/t13?,14?,18-/m1/s1. The zero-order valence-corrected chi connectivity index (χ0v) is 13.4. The van der Waals surface area contributed by atoms with Gasteiger partial charge < -0.3 is 10.1 Å². The van der Waals surface area contributed by atoms with E-state index in [0.29, 0.717) is 18.6 Å². The van der Waals surface area contributed by atoms with Gasteiger partial charge in [-0.15, -0.1) is 0 Å². The monoisotopic (exact) mass is 298 g/mol. The van der Waals surface area contributed by atoms with Gasteiger partial charge in [0.15, 0.2) is 0 Å². The Balaban J connectivity index is 1.71. The lowest BCUT2D eigenvalue weighted by molar-refractivity contribution is 0.0396. The van der Waals surface area contributed by atoms with Crippen LogP contribution < -0.4 is 0 Å². The smallest absolute Gasteiger partial charge is 0.0504 e. The van der Waals surface area contributed by atoms with Crippen molar-refractivity contribution in [3.63, 3.8) is 0 Å². The van der Waals surface area contributed by atoms with Gasteiger partial charge in [-0.1, -0.05) is 31.5 Å². The third-order valence-corrected chi connectivity index (χ3v) is 5.96. The highest BCUT2D eigenvalue weighted by atomic mass is 16.3. The molecule has 1 fully saturated rings. The van der Waals surface area contributed by atoms with Crippen LogP contribution in [-0.2, 0) is 6.42 Å². The summed E-state index contributed by atoms with van der Waals surface area (Å²) in [6.07, 6.45) is 4.54. The molecule has 0 aliphatic carbocycles. The number of hydrogen-bond donors (Lipinski definition) is 2. The fourth-order valence-electron chi connectivity index (χ4n) is 4.77. The first-order valence-electron chi connectivity index (χ1n) is 8.76. The lowest BCUT2D eigenvalue weighted by Gasteiger charge is -2.46. The lowest BCUT2D eigenvalue weighted by Crippen LogP contribution is -2.46. The van der Waals surface area contributed by atoms with E-state index < -0.39 is 0 Å². The predicted octanol–water partition coefficient (Wildman–Crippen LogP) is 3.50. The highest BCUT2D eigenvalue weighted by Crippen LogP contribution is 2.44. The first-order valence-corrected chi connectivity index (χ1v) is 8.76. The van der Waals surface area contributed by atoms with E-state index in [4.69, 9.17) is 0 Å². The van der Waals surface area contributed by atoms with Gasteiger partial charge in [-0.2, -0.15) is 0 Å². The highest BCUT2D eigenvalue weighted by molar-refractivity contribution is 5.85. The summed E-state index contributed by atoms with van der Waals surface area (Å²) in [5, 5.41) is 10.8. The third kappa shape index (κ3) is 2.19. The van der Waals surface area contributed by atoms with Gasteiger partial charge in [0.2, 0.25) is 0 Å². The minimum Gasteiger partial charge on any atom is -0.396 e. The van der Waals surface area contributed by atoms with Crippen LogP contribution in [0.1, 0.15) is 43.5 Å². The van der Waals surface area contributed by atoms with Crippen LogP contribution in [0.5, 0.6) is 0 Å². The number of aliphatic hydroxyl groups excluding tert-OH is 1. The molecule has 0 bridgehead atoms. The summed E-state index contributed by atoms with van der Waals surface area (Å²) in [5.74, 6) is 1.41. The number of aromatic amines is 1. The maximum absolute atomic E-state index is 9.42. The summed E-state index contributed by atoms with van der Waals surface area (Å²) < 4.78 is 0. The molecule has 3 heteroatoms.